The number of ether oxygens (including phenoxy) is 1. The number of rotatable bonds is 8. The normalized spacial score (nSPS) is 11.1. The van der Waals surface area contributed by atoms with E-state index in [-0.39, 0.29) is 5.97 Å². The molecule has 0 heterocycles. The molecule has 114 valence electrons. The minimum atomic E-state index is -0.0880. The molecule has 0 radical (unpaired) electrons. The second-order valence-electron chi connectivity index (χ2n) is 5.03. The fourth-order valence-corrected chi connectivity index (χ4v) is 1.46. The molecule has 0 aliphatic heterocycles. The molecule has 0 amide bonds. The number of carbonyl (C=O) groups excluding carboxylic acids is 1. The van der Waals surface area contributed by atoms with Gasteiger partial charge in [-0.15, -0.1) is 0 Å². The quantitative estimate of drug-likeness (QED) is 0.534. The van der Waals surface area contributed by atoms with Gasteiger partial charge in [0.05, 0.1) is 6.61 Å². The zero-order chi connectivity index (χ0) is 15.1. The molecule has 0 fully saturated rings. The van der Waals surface area contributed by atoms with Gasteiger partial charge in [-0.05, 0) is 52.4 Å². The average Bonchev–Trinajstić information content (AvgIpc) is 2.30. The molecule has 0 aliphatic rings. The molecule has 3 heteroatoms. The van der Waals surface area contributed by atoms with Crippen LogP contribution in [0.4, 0.5) is 0 Å². The summed E-state index contributed by atoms with van der Waals surface area (Å²) in [6.45, 7) is 11.0. The summed E-state index contributed by atoms with van der Waals surface area (Å²) >= 11 is 0. The van der Waals surface area contributed by atoms with E-state index in [4.69, 9.17) is 5.11 Å². The van der Waals surface area contributed by atoms with Gasteiger partial charge < -0.3 is 9.84 Å². The second kappa shape index (κ2) is 15.2. The van der Waals surface area contributed by atoms with E-state index < -0.39 is 0 Å². The topological polar surface area (TPSA) is 46.5 Å². The Bertz CT molecular complexity index is 222. The van der Waals surface area contributed by atoms with Crippen LogP contribution in [-0.4, -0.2) is 24.3 Å². The van der Waals surface area contributed by atoms with Gasteiger partial charge in [0.15, 0.2) is 0 Å². The highest BCUT2D eigenvalue weighted by Crippen LogP contribution is 2.10. The lowest BCUT2D eigenvalue weighted by Gasteiger charge is -2.06. The number of aliphatic hydroxyl groups excluding tert-OH is 1. The Kier molecular flexibility index (Phi) is 16.4. The van der Waals surface area contributed by atoms with Crippen molar-refractivity contribution in [2.45, 2.75) is 66.7 Å². The molecule has 0 aliphatic carbocycles. The van der Waals surface area contributed by atoms with Crippen molar-refractivity contribution in [2.75, 3.05) is 13.2 Å². The smallest absolute Gasteiger partial charge is 0.305 e. The van der Waals surface area contributed by atoms with Gasteiger partial charge in [-0.25, -0.2) is 0 Å². The van der Waals surface area contributed by atoms with Crippen LogP contribution >= 0.6 is 0 Å². The van der Waals surface area contributed by atoms with Gasteiger partial charge in [0.25, 0.3) is 0 Å². The second-order valence-corrected chi connectivity index (χ2v) is 5.03. The highest BCUT2D eigenvalue weighted by Gasteiger charge is 1.98. The molecule has 1 atom stereocenters. The Labute approximate surface area is 119 Å². The lowest BCUT2D eigenvalue weighted by Crippen LogP contribution is -2.01. The molecule has 0 rings (SSSR count). The molecule has 0 aromatic rings. The molecular formula is C16H32O3. The van der Waals surface area contributed by atoms with Crippen LogP contribution in [0, 0.1) is 5.92 Å². The van der Waals surface area contributed by atoms with Crippen LogP contribution in [-0.2, 0) is 9.53 Å². The van der Waals surface area contributed by atoms with Crippen LogP contribution in [0.1, 0.15) is 66.7 Å². The van der Waals surface area contributed by atoms with E-state index >= 15 is 0 Å². The highest BCUT2D eigenvalue weighted by atomic mass is 16.5. The molecule has 0 aromatic carbocycles. The minimum Gasteiger partial charge on any atom is -0.466 e. The van der Waals surface area contributed by atoms with Crippen molar-refractivity contribution < 1.29 is 14.6 Å². The van der Waals surface area contributed by atoms with Crippen molar-refractivity contribution in [1.82, 2.24) is 0 Å². The Balaban J connectivity index is 0. The summed E-state index contributed by atoms with van der Waals surface area (Å²) in [5, 5.41) is 8.63. The van der Waals surface area contributed by atoms with Crippen LogP contribution in [0.15, 0.2) is 11.6 Å². The van der Waals surface area contributed by atoms with E-state index in [1.807, 2.05) is 13.8 Å². The lowest BCUT2D eigenvalue weighted by molar-refractivity contribution is -0.143. The summed E-state index contributed by atoms with van der Waals surface area (Å²) in [4.78, 5) is 10.4. The summed E-state index contributed by atoms with van der Waals surface area (Å²) in [5.41, 5.74) is 1.39. The van der Waals surface area contributed by atoms with E-state index in [0.717, 1.165) is 19.3 Å². The maximum atomic E-state index is 10.4. The molecule has 1 unspecified atom stereocenters. The largest absolute Gasteiger partial charge is 0.466 e. The number of hydrogen-bond donors (Lipinski definition) is 1. The zero-order valence-corrected chi connectivity index (χ0v) is 13.4. The van der Waals surface area contributed by atoms with E-state index in [1.54, 1.807) is 0 Å². The summed E-state index contributed by atoms with van der Waals surface area (Å²) in [6, 6.07) is 0. The van der Waals surface area contributed by atoms with Gasteiger partial charge in [0.2, 0.25) is 0 Å². The van der Waals surface area contributed by atoms with Crippen molar-refractivity contribution >= 4 is 5.97 Å². The summed E-state index contributed by atoms with van der Waals surface area (Å²) in [7, 11) is 0. The van der Waals surface area contributed by atoms with Crippen molar-refractivity contribution in [3.63, 3.8) is 0 Å². The first-order valence-electron chi connectivity index (χ1n) is 7.37. The molecule has 0 bridgehead atoms. The summed E-state index contributed by atoms with van der Waals surface area (Å²) in [5.74, 6) is 0.575. The molecule has 0 saturated carbocycles. The van der Waals surface area contributed by atoms with Crippen molar-refractivity contribution in [2.24, 2.45) is 5.92 Å². The number of hydrogen-bond acceptors (Lipinski definition) is 3. The Morgan fingerprint density at radius 3 is 2.32 bits per heavy atom. The van der Waals surface area contributed by atoms with Gasteiger partial charge in [-0.2, -0.15) is 0 Å². The first-order chi connectivity index (χ1) is 8.97. The van der Waals surface area contributed by atoms with Gasteiger partial charge in [0.1, 0.15) is 0 Å². The van der Waals surface area contributed by atoms with Gasteiger partial charge in [0, 0.05) is 13.0 Å². The number of allylic oxidation sites excluding steroid dienone is 2. The third kappa shape index (κ3) is 19.7. The van der Waals surface area contributed by atoms with Crippen LogP contribution in [0.2, 0.25) is 0 Å². The van der Waals surface area contributed by atoms with Gasteiger partial charge >= 0.3 is 5.97 Å². The van der Waals surface area contributed by atoms with Crippen LogP contribution in [0.5, 0.6) is 0 Å². The lowest BCUT2D eigenvalue weighted by atomic mass is 10.0. The van der Waals surface area contributed by atoms with E-state index in [0.29, 0.717) is 25.6 Å². The molecule has 3 nitrogen and oxygen atoms in total. The third-order valence-electron chi connectivity index (χ3n) is 2.59. The first-order valence-corrected chi connectivity index (χ1v) is 7.37. The summed E-state index contributed by atoms with van der Waals surface area (Å²) in [6.07, 6.45) is 6.98. The van der Waals surface area contributed by atoms with E-state index in [1.165, 1.54) is 12.0 Å². The fraction of sp³-hybridized carbons (Fsp3) is 0.812. The molecule has 0 aromatic heterocycles. The molecule has 0 saturated heterocycles. The Morgan fingerprint density at radius 1 is 1.26 bits per heavy atom. The van der Waals surface area contributed by atoms with Gasteiger partial charge in [-0.3, -0.25) is 4.79 Å². The van der Waals surface area contributed by atoms with Crippen molar-refractivity contribution in [3.8, 4) is 0 Å². The number of esters is 1. The van der Waals surface area contributed by atoms with E-state index in [2.05, 4.69) is 31.6 Å². The predicted molar refractivity (Wildman–Crippen MR) is 81.1 cm³/mol. The molecule has 1 N–H and O–H groups in total. The predicted octanol–water partition coefficient (Wildman–Crippen LogP) is 4.10. The zero-order valence-electron chi connectivity index (χ0n) is 13.4. The van der Waals surface area contributed by atoms with E-state index in [9.17, 15) is 4.79 Å². The molecule has 19 heavy (non-hydrogen) atoms. The van der Waals surface area contributed by atoms with Crippen LogP contribution in [0.3, 0.4) is 0 Å². The van der Waals surface area contributed by atoms with Crippen LogP contribution in [0.25, 0.3) is 0 Å². The van der Waals surface area contributed by atoms with Crippen LogP contribution < -0.4 is 0 Å². The maximum absolute atomic E-state index is 10.4. The molecular weight excluding hydrogens is 240 g/mol. The van der Waals surface area contributed by atoms with Gasteiger partial charge in [-0.1, -0.05) is 25.5 Å². The first kappa shape index (κ1) is 20.5. The number of aliphatic hydroxyl groups is 1. The SMILES string of the molecule is CC(C)=CCCC(C)CCO.CCCC(=O)OCC. The standard InChI is InChI=1S/C10H20O.C6H12O2/c1-9(2)5-4-6-10(3)7-8-11;1-3-5-6(7)8-4-2/h5,10-11H,4,6-8H2,1-3H3;3-5H2,1-2H3. The monoisotopic (exact) mass is 272 g/mol. The summed E-state index contributed by atoms with van der Waals surface area (Å²) < 4.78 is 4.64. The highest BCUT2D eigenvalue weighted by molar-refractivity contribution is 5.69. The average molecular weight is 272 g/mol. The van der Waals surface area contributed by atoms with Crippen molar-refractivity contribution in [1.29, 1.82) is 0 Å². The minimum absolute atomic E-state index is 0.0880. The Hall–Kier alpha value is -0.830. The maximum Gasteiger partial charge on any atom is 0.305 e. The number of carbonyl (C=O) groups is 1. The third-order valence-corrected chi connectivity index (χ3v) is 2.59. The Morgan fingerprint density at radius 2 is 1.89 bits per heavy atom. The fourth-order valence-electron chi connectivity index (χ4n) is 1.46. The van der Waals surface area contributed by atoms with Crippen molar-refractivity contribution in [3.05, 3.63) is 11.6 Å². The molecule has 0 spiro atoms.